The van der Waals surface area contributed by atoms with Gasteiger partial charge in [-0.2, -0.15) is 5.06 Å². The van der Waals surface area contributed by atoms with Gasteiger partial charge in [-0.1, -0.05) is 28.1 Å². The summed E-state index contributed by atoms with van der Waals surface area (Å²) in [7, 11) is 0. The summed E-state index contributed by atoms with van der Waals surface area (Å²) in [6.07, 6.45) is 5.11. The Kier molecular flexibility index (Phi) is 2.40. The Balaban J connectivity index is 1.83. The molecule has 4 unspecified atom stereocenters. The average molecular weight is 286 g/mol. The molecule has 2 amide bonds. The molecule has 16 heavy (non-hydrogen) atoms. The number of hydroxylamine groups is 2. The standard InChI is InChI=1S/C11H12BrNO3/c12-3-4-16-13-10(14)8-6-1-2-7(5-6)9(8)11(13)15/h1-2,6-9H,3-5H2. The van der Waals surface area contributed by atoms with Crippen molar-refractivity contribution in [2.45, 2.75) is 6.42 Å². The molecular weight excluding hydrogens is 274 g/mol. The fourth-order valence-corrected chi connectivity index (χ4v) is 3.27. The van der Waals surface area contributed by atoms with Crippen molar-refractivity contribution in [3.63, 3.8) is 0 Å². The molecule has 86 valence electrons. The van der Waals surface area contributed by atoms with E-state index in [1.54, 1.807) is 0 Å². The highest BCUT2D eigenvalue weighted by Crippen LogP contribution is 2.52. The van der Waals surface area contributed by atoms with Gasteiger partial charge < -0.3 is 0 Å². The SMILES string of the molecule is O=C1C2C3C=CC(C3)C2C(=O)N1OCCBr. The summed E-state index contributed by atoms with van der Waals surface area (Å²) in [4.78, 5) is 29.2. The number of amides is 2. The first-order valence-corrected chi connectivity index (χ1v) is 6.61. The van der Waals surface area contributed by atoms with Crippen LogP contribution in [0, 0.1) is 23.7 Å². The van der Waals surface area contributed by atoms with E-state index < -0.39 is 0 Å². The number of nitrogens with zero attached hydrogens (tertiary/aromatic N) is 1. The summed E-state index contributed by atoms with van der Waals surface area (Å²) in [5.74, 6) is -0.0932. The van der Waals surface area contributed by atoms with Crippen LogP contribution in [-0.2, 0) is 14.4 Å². The number of carbonyl (C=O) groups is 2. The second-order valence-electron chi connectivity index (χ2n) is 4.49. The van der Waals surface area contributed by atoms with Gasteiger partial charge in [0.15, 0.2) is 0 Å². The zero-order valence-corrected chi connectivity index (χ0v) is 10.2. The first kappa shape index (κ1) is 10.5. The van der Waals surface area contributed by atoms with Gasteiger partial charge in [-0.15, -0.1) is 0 Å². The van der Waals surface area contributed by atoms with Crippen LogP contribution in [0.5, 0.6) is 0 Å². The first-order valence-electron chi connectivity index (χ1n) is 5.49. The lowest BCUT2D eigenvalue weighted by Crippen LogP contribution is -2.33. The maximum Gasteiger partial charge on any atom is 0.258 e. The molecule has 1 saturated carbocycles. The molecular formula is C11H12BrNO3. The molecule has 3 aliphatic rings. The summed E-state index contributed by atoms with van der Waals surface area (Å²) >= 11 is 3.21. The topological polar surface area (TPSA) is 46.6 Å². The highest BCUT2D eigenvalue weighted by atomic mass is 79.9. The van der Waals surface area contributed by atoms with Gasteiger partial charge in [-0.25, -0.2) is 0 Å². The monoisotopic (exact) mass is 285 g/mol. The van der Waals surface area contributed by atoms with Gasteiger partial charge in [0.05, 0.1) is 18.4 Å². The lowest BCUT2D eigenvalue weighted by molar-refractivity contribution is -0.188. The predicted octanol–water partition coefficient (Wildman–Crippen LogP) is 1.12. The molecule has 0 aromatic rings. The van der Waals surface area contributed by atoms with Crippen molar-refractivity contribution in [3.05, 3.63) is 12.2 Å². The van der Waals surface area contributed by atoms with Crippen LogP contribution < -0.4 is 0 Å². The van der Waals surface area contributed by atoms with E-state index in [0.29, 0.717) is 11.9 Å². The summed E-state index contributed by atoms with van der Waals surface area (Å²) in [5, 5.41) is 1.60. The molecule has 2 fully saturated rings. The Morgan fingerprint density at radius 1 is 1.25 bits per heavy atom. The molecule has 4 nitrogen and oxygen atoms in total. The quantitative estimate of drug-likeness (QED) is 0.444. The predicted molar refractivity (Wildman–Crippen MR) is 59.3 cm³/mol. The third-order valence-electron chi connectivity index (χ3n) is 3.73. The Labute approximate surface area is 102 Å². The number of fused-ring (bicyclic) bond motifs is 5. The molecule has 5 heteroatoms. The molecule has 1 saturated heterocycles. The van der Waals surface area contributed by atoms with Gasteiger partial charge in [0, 0.05) is 5.33 Å². The minimum atomic E-state index is -0.155. The van der Waals surface area contributed by atoms with Crippen LogP contribution in [0.1, 0.15) is 6.42 Å². The van der Waals surface area contributed by atoms with E-state index in [9.17, 15) is 9.59 Å². The Hall–Kier alpha value is -0.680. The Morgan fingerprint density at radius 2 is 1.81 bits per heavy atom. The van der Waals surface area contributed by atoms with E-state index in [-0.39, 0.29) is 35.5 Å². The maximum absolute atomic E-state index is 12.0. The number of alkyl halides is 1. The summed E-state index contributed by atoms with van der Waals surface area (Å²) in [6.45, 7) is 0.347. The van der Waals surface area contributed by atoms with Gasteiger partial charge in [-0.3, -0.25) is 14.4 Å². The number of hydrogen-bond donors (Lipinski definition) is 0. The Morgan fingerprint density at radius 3 is 2.31 bits per heavy atom. The molecule has 0 aromatic heterocycles. The second-order valence-corrected chi connectivity index (χ2v) is 5.29. The third-order valence-corrected chi connectivity index (χ3v) is 4.05. The highest BCUT2D eigenvalue weighted by molar-refractivity contribution is 9.09. The zero-order valence-electron chi connectivity index (χ0n) is 8.64. The number of hydrogen-bond acceptors (Lipinski definition) is 3. The fraction of sp³-hybridized carbons (Fsp3) is 0.636. The van der Waals surface area contributed by atoms with Crippen LogP contribution in [-0.4, -0.2) is 28.8 Å². The second kappa shape index (κ2) is 3.67. The van der Waals surface area contributed by atoms with Crippen LogP contribution >= 0.6 is 15.9 Å². The maximum atomic E-state index is 12.0. The van der Waals surface area contributed by atoms with Crippen molar-refractivity contribution in [1.82, 2.24) is 5.06 Å². The van der Waals surface area contributed by atoms with Gasteiger partial charge in [0.2, 0.25) is 0 Å². The van der Waals surface area contributed by atoms with Crippen molar-refractivity contribution in [3.8, 4) is 0 Å². The first-order chi connectivity index (χ1) is 7.74. The number of rotatable bonds is 3. The zero-order chi connectivity index (χ0) is 11.3. The van der Waals surface area contributed by atoms with Gasteiger partial charge in [0.25, 0.3) is 11.8 Å². The normalized spacial score (nSPS) is 39.9. The van der Waals surface area contributed by atoms with Crippen molar-refractivity contribution < 1.29 is 14.4 Å². The number of halogens is 1. The van der Waals surface area contributed by atoms with Crippen LogP contribution in [0.2, 0.25) is 0 Å². The summed E-state index contributed by atoms with van der Waals surface area (Å²) in [6, 6.07) is 0. The van der Waals surface area contributed by atoms with Crippen LogP contribution in [0.4, 0.5) is 0 Å². The smallest absolute Gasteiger partial charge is 0.258 e. The van der Waals surface area contributed by atoms with Crippen molar-refractivity contribution in [2.75, 3.05) is 11.9 Å². The van der Waals surface area contributed by atoms with E-state index in [1.165, 1.54) is 0 Å². The largest absolute Gasteiger partial charge is 0.272 e. The molecule has 0 aromatic carbocycles. The Bertz CT molecular complexity index is 351. The van der Waals surface area contributed by atoms with Gasteiger partial charge in [0.1, 0.15) is 0 Å². The average Bonchev–Trinajstić information content (AvgIpc) is 2.92. The molecule has 2 bridgehead atoms. The van der Waals surface area contributed by atoms with E-state index in [4.69, 9.17) is 4.84 Å². The van der Waals surface area contributed by atoms with Gasteiger partial charge >= 0.3 is 0 Å². The van der Waals surface area contributed by atoms with Crippen LogP contribution in [0.25, 0.3) is 0 Å². The van der Waals surface area contributed by atoms with Crippen LogP contribution in [0.15, 0.2) is 12.2 Å². The molecule has 4 atom stereocenters. The molecule has 1 aliphatic heterocycles. The molecule has 0 radical (unpaired) electrons. The molecule has 0 N–H and O–H groups in total. The van der Waals surface area contributed by atoms with E-state index in [1.807, 2.05) is 0 Å². The minimum Gasteiger partial charge on any atom is -0.272 e. The molecule has 3 rings (SSSR count). The number of imide groups is 1. The molecule has 1 heterocycles. The van der Waals surface area contributed by atoms with E-state index in [2.05, 4.69) is 28.1 Å². The van der Waals surface area contributed by atoms with E-state index >= 15 is 0 Å². The third kappa shape index (κ3) is 1.24. The highest BCUT2D eigenvalue weighted by Gasteiger charge is 2.60. The lowest BCUT2D eigenvalue weighted by atomic mass is 9.85. The van der Waals surface area contributed by atoms with Crippen molar-refractivity contribution in [2.24, 2.45) is 23.7 Å². The van der Waals surface area contributed by atoms with Gasteiger partial charge in [-0.05, 0) is 18.3 Å². The minimum absolute atomic E-state index is 0.146. The van der Waals surface area contributed by atoms with Crippen molar-refractivity contribution in [1.29, 1.82) is 0 Å². The summed E-state index contributed by atoms with van der Waals surface area (Å²) in [5.41, 5.74) is 0. The van der Waals surface area contributed by atoms with Crippen molar-refractivity contribution >= 4 is 27.7 Å². The number of carbonyl (C=O) groups excluding carboxylic acids is 2. The molecule has 0 spiro atoms. The van der Waals surface area contributed by atoms with E-state index in [0.717, 1.165) is 11.5 Å². The fourth-order valence-electron chi connectivity index (χ4n) is 3.13. The number of allylic oxidation sites excluding steroid dienone is 2. The molecule has 2 aliphatic carbocycles. The van der Waals surface area contributed by atoms with Crippen LogP contribution in [0.3, 0.4) is 0 Å². The lowest BCUT2D eigenvalue weighted by Gasteiger charge is -2.15. The summed E-state index contributed by atoms with van der Waals surface area (Å²) < 4.78 is 0.